The van der Waals surface area contributed by atoms with E-state index in [4.69, 9.17) is 9.47 Å². The van der Waals surface area contributed by atoms with Crippen molar-refractivity contribution in [1.82, 2.24) is 4.31 Å². The van der Waals surface area contributed by atoms with E-state index < -0.39 is 15.9 Å². The molecule has 3 rings (SSSR count). The quantitative estimate of drug-likeness (QED) is 0.779. The minimum atomic E-state index is -3.63. The fraction of sp³-hybridized carbons (Fsp3) is 0.381. The van der Waals surface area contributed by atoms with Crippen LogP contribution in [-0.2, 0) is 14.8 Å². The molecule has 29 heavy (non-hydrogen) atoms. The van der Waals surface area contributed by atoms with Crippen LogP contribution in [0.5, 0.6) is 11.5 Å². The van der Waals surface area contributed by atoms with E-state index in [0.29, 0.717) is 36.6 Å². The third-order valence-electron chi connectivity index (χ3n) is 5.08. The molecule has 1 aliphatic heterocycles. The summed E-state index contributed by atoms with van der Waals surface area (Å²) in [4.78, 5) is 13.1. The van der Waals surface area contributed by atoms with Crippen molar-refractivity contribution in [2.45, 2.75) is 24.7 Å². The standard InChI is InChI=1S/C21H26N2O5S/c1-15-6-9-18(10-7-15)29(25,26)23-12-4-5-16(14-23)21(24)22-19-11-8-17(27-2)13-20(19)28-3/h6-11,13,16H,4-5,12,14H2,1-3H3,(H,22,24). The van der Waals surface area contributed by atoms with Crippen molar-refractivity contribution in [1.29, 1.82) is 0 Å². The first-order chi connectivity index (χ1) is 13.8. The minimum Gasteiger partial charge on any atom is -0.497 e. The van der Waals surface area contributed by atoms with E-state index in [1.807, 2.05) is 6.92 Å². The summed E-state index contributed by atoms with van der Waals surface area (Å²) in [5.41, 5.74) is 1.52. The van der Waals surface area contributed by atoms with Gasteiger partial charge >= 0.3 is 0 Å². The molecule has 0 radical (unpaired) electrons. The van der Waals surface area contributed by atoms with Gasteiger partial charge in [-0.05, 0) is 44.0 Å². The summed E-state index contributed by atoms with van der Waals surface area (Å²) in [6.07, 6.45) is 1.26. The highest BCUT2D eigenvalue weighted by Gasteiger charge is 2.33. The Kier molecular flexibility index (Phi) is 6.44. The van der Waals surface area contributed by atoms with Crippen molar-refractivity contribution < 1.29 is 22.7 Å². The Hall–Kier alpha value is -2.58. The summed E-state index contributed by atoms with van der Waals surface area (Å²) in [7, 11) is -0.559. The Bertz CT molecular complexity index is 973. The molecule has 2 aromatic rings. The summed E-state index contributed by atoms with van der Waals surface area (Å²) in [6.45, 7) is 2.47. The van der Waals surface area contributed by atoms with Crippen LogP contribution in [0.2, 0.25) is 0 Å². The van der Waals surface area contributed by atoms with Gasteiger partial charge in [-0.25, -0.2) is 8.42 Å². The van der Waals surface area contributed by atoms with E-state index in [0.717, 1.165) is 5.56 Å². The van der Waals surface area contributed by atoms with Crippen molar-refractivity contribution in [2.24, 2.45) is 5.92 Å². The summed E-state index contributed by atoms with van der Waals surface area (Å²) in [5, 5.41) is 2.86. The first-order valence-electron chi connectivity index (χ1n) is 9.45. The zero-order chi connectivity index (χ0) is 21.0. The first kappa shape index (κ1) is 21.1. The number of benzene rings is 2. The highest BCUT2D eigenvalue weighted by Crippen LogP contribution is 2.31. The molecule has 0 aromatic heterocycles. The van der Waals surface area contributed by atoms with Crippen molar-refractivity contribution in [2.75, 3.05) is 32.6 Å². The number of piperidine rings is 1. The second-order valence-corrected chi connectivity index (χ2v) is 9.01. The summed E-state index contributed by atoms with van der Waals surface area (Å²) >= 11 is 0. The lowest BCUT2D eigenvalue weighted by Crippen LogP contribution is -2.43. The molecule has 1 atom stereocenters. The highest BCUT2D eigenvalue weighted by molar-refractivity contribution is 7.89. The smallest absolute Gasteiger partial charge is 0.243 e. The minimum absolute atomic E-state index is 0.153. The zero-order valence-electron chi connectivity index (χ0n) is 16.8. The van der Waals surface area contributed by atoms with Crippen LogP contribution < -0.4 is 14.8 Å². The maximum absolute atomic E-state index is 13.0. The molecule has 1 amide bonds. The van der Waals surface area contributed by atoms with Crippen LogP contribution in [0.1, 0.15) is 18.4 Å². The Morgan fingerprint density at radius 3 is 2.48 bits per heavy atom. The predicted octanol–water partition coefficient (Wildman–Crippen LogP) is 3.05. The van der Waals surface area contributed by atoms with Crippen LogP contribution >= 0.6 is 0 Å². The molecule has 1 unspecified atom stereocenters. The maximum Gasteiger partial charge on any atom is 0.243 e. The molecule has 1 aliphatic rings. The van der Waals surface area contributed by atoms with Gasteiger partial charge in [0.2, 0.25) is 15.9 Å². The molecule has 2 aromatic carbocycles. The number of aryl methyl sites for hydroxylation is 1. The molecule has 0 spiro atoms. The van der Waals surface area contributed by atoms with E-state index in [2.05, 4.69) is 5.32 Å². The number of hydrogen-bond acceptors (Lipinski definition) is 5. The van der Waals surface area contributed by atoms with Gasteiger partial charge in [0.05, 0.1) is 30.7 Å². The van der Waals surface area contributed by atoms with E-state index in [-0.39, 0.29) is 17.3 Å². The van der Waals surface area contributed by atoms with Gasteiger partial charge in [-0.3, -0.25) is 4.79 Å². The van der Waals surface area contributed by atoms with Crippen LogP contribution in [0, 0.1) is 12.8 Å². The number of amides is 1. The third-order valence-corrected chi connectivity index (χ3v) is 6.96. The molecule has 156 valence electrons. The number of carbonyl (C=O) groups is 1. The molecule has 0 bridgehead atoms. The highest BCUT2D eigenvalue weighted by atomic mass is 32.2. The predicted molar refractivity (Wildman–Crippen MR) is 111 cm³/mol. The number of nitrogens with zero attached hydrogens (tertiary/aromatic N) is 1. The van der Waals surface area contributed by atoms with Crippen molar-refractivity contribution >= 4 is 21.6 Å². The van der Waals surface area contributed by atoms with Gasteiger partial charge in [-0.15, -0.1) is 0 Å². The molecule has 1 fully saturated rings. The third kappa shape index (κ3) is 4.71. The van der Waals surface area contributed by atoms with Crippen molar-refractivity contribution in [3.05, 3.63) is 48.0 Å². The summed E-state index contributed by atoms with van der Waals surface area (Å²) < 4.78 is 37.8. The van der Waals surface area contributed by atoms with Crippen LogP contribution in [0.15, 0.2) is 47.4 Å². The number of nitrogens with one attached hydrogen (secondary N) is 1. The number of methoxy groups -OCH3 is 2. The average molecular weight is 419 g/mol. The van der Waals surface area contributed by atoms with Crippen LogP contribution in [0.3, 0.4) is 0 Å². The van der Waals surface area contributed by atoms with Crippen LogP contribution in [0.25, 0.3) is 0 Å². The fourth-order valence-corrected chi connectivity index (χ4v) is 4.89. The molecule has 1 heterocycles. The van der Waals surface area contributed by atoms with Gasteiger partial charge in [-0.2, -0.15) is 4.31 Å². The molecule has 8 heteroatoms. The summed E-state index contributed by atoms with van der Waals surface area (Å²) in [5.74, 6) is 0.443. The number of sulfonamides is 1. The van der Waals surface area contributed by atoms with Crippen molar-refractivity contribution in [3.8, 4) is 11.5 Å². The Morgan fingerprint density at radius 2 is 1.83 bits per heavy atom. The fourth-order valence-electron chi connectivity index (χ4n) is 3.37. The topological polar surface area (TPSA) is 84.9 Å². The lowest BCUT2D eigenvalue weighted by atomic mass is 9.98. The van der Waals surface area contributed by atoms with Crippen molar-refractivity contribution in [3.63, 3.8) is 0 Å². The number of carbonyl (C=O) groups excluding carboxylic acids is 1. The second kappa shape index (κ2) is 8.84. The monoisotopic (exact) mass is 418 g/mol. The van der Waals surface area contributed by atoms with E-state index in [1.54, 1.807) is 49.6 Å². The van der Waals surface area contributed by atoms with E-state index >= 15 is 0 Å². The maximum atomic E-state index is 13.0. The second-order valence-electron chi connectivity index (χ2n) is 7.07. The molecule has 0 saturated carbocycles. The number of rotatable bonds is 6. The SMILES string of the molecule is COc1ccc(NC(=O)C2CCCN(S(=O)(=O)c3ccc(C)cc3)C2)c(OC)c1. The lowest BCUT2D eigenvalue weighted by molar-refractivity contribution is -0.120. The molecular weight excluding hydrogens is 392 g/mol. The molecular formula is C21H26N2O5S. The molecule has 7 nitrogen and oxygen atoms in total. The Morgan fingerprint density at radius 1 is 1.10 bits per heavy atom. The Balaban J connectivity index is 1.73. The van der Waals surface area contributed by atoms with Crippen LogP contribution in [0.4, 0.5) is 5.69 Å². The number of ether oxygens (including phenoxy) is 2. The summed E-state index contributed by atoms with van der Waals surface area (Å²) in [6, 6.07) is 11.9. The number of hydrogen-bond donors (Lipinski definition) is 1. The molecule has 1 saturated heterocycles. The van der Waals surface area contributed by atoms with Gasteiger partial charge in [0.15, 0.2) is 0 Å². The van der Waals surface area contributed by atoms with Gasteiger partial charge in [0, 0.05) is 19.2 Å². The van der Waals surface area contributed by atoms with Crippen LogP contribution in [-0.4, -0.2) is 45.9 Å². The average Bonchev–Trinajstić information content (AvgIpc) is 2.74. The number of anilines is 1. The largest absolute Gasteiger partial charge is 0.497 e. The van der Waals surface area contributed by atoms with Gasteiger partial charge in [0.25, 0.3) is 0 Å². The Labute approximate surface area is 171 Å². The normalized spacial score (nSPS) is 17.6. The molecule has 0 aliphatic carbocycles. The zero-order valence-corrected chi connectivity index (χ0v) is 17.7. The first-order valence-corrected chi connectivity index (χ1v) is 10.9. The van der Waals surface area contributed by atoms with Gasteiger partial charge < -0.3 is 14.8 Å². The molecule has 1 N–H and O–H groups in total. The van der Waals surface area contributed by atoms with Gasteiger partial charge in [-0.1, -0.05) is 17.7 Å². The van der Waals surface area contributed by atoms with E-state index in [1.165, 1.54) is 11.4 Å². The van der Waals surface area contributed by atoms with E-state index in [9.17, 15) is 13.2 Å². The van der Waals surface area contributed by atoms with Gasteiger partial charge in [0.1, 0.15) is 11.5 Å². The lowest BCUT2D eigenvalue weighted by Gasteiger charge is -2.31.